The zero-order valence-corrected chi connectivity index (χ0v) is 17.6. The van der Waals surface area contributed by atoms with Gasteiger partial charge < -0.3 is 5.32 Å². The third-order valence-corrected chi connectivity index (χ3v) is 6.36. The normalized spacial score (nSPS) is 13.5. The zero-order chi connectivity index (χ0) is 20.6. The van der Waals surface area contributed by atoms with Gasteiger partial charge in [-0.3, -0.25) is 0 Å². The van der Waals surface area contributed by atoms with Crippen LogP contribution in [-0.2, 0) is 6.54 Å². The van der Waals surface area contributed by atoms with E-state index < -0.39 is 0 Å². The van der Waals surface area contributed by atoms with E-state index in [9.17, 15) is 0 Å². The molecule has 0 spiro atoms. The number of pyridine rings is 1. The number of hydrogen-bond acceptors (Lipinski definition) is 6. The lowest BCUT2D eigenvalue weighted by Gasteiger charge is -2.11. The number of fused-ring (bicyclic) bond motifs is 1. The first kappa shape index (κ1) is 18.2. The fraction of sp³-hybridized carbons (Fsp3) is 0.167. The molecule has 6 rings (SSSR count). The Morgan fingerprint density at radius 1 is 1.03 bits per heavy atom. The van der Waals surface area contributed by atoms with Crippen molar-refractivity contribution in [2.75, 3.05) is 5.32 Å². The number of aromatic nitrogens is 5. The van der Waals surface area contributed by atoms with Crippen molar-refractivity contribution in [3.05, 3.63) is 83.9 Å². The molecule has 6 nitrogen and oxygen atoms in total. The summed E-state index contributed by atoms with van der Waals surface area (Å²) in [6.45, 7) is 0.646. The molecule has 31 heavy (non-hydrogen) atoms. The summed E-state index contributed by atoms with van der Waals surface area (Å²) in [7, 11) is 0. The lowest BCUT2D eigenvalue weighted by molar-refractivity contribution is 0.843. The lowest BCUT2D eigenvalue weighted by atomic mass is 10.1. The molecule has 1 fully saturated rings. The number of anilines is 1. The minimum absolute atomic E-state index is 0.502. The topological polar surface area (TPSA) is 68.5 Å². The Morgan fingerprint density at radius 2 is 1.94 bits per heavy atom. The molecule has 0 aliphatic heterocycles. The predicted octanol–water partition coefficient (Wildman–Crippen LogP) is 5.43. The summed E-state index contributed by atoms with van der Waals surface area (Å²) >= 11 is 1.69. The summed E-state index contributed by atoms with van der Waals surface area (Å²) in [5.41, 5.74) is 3.45. The average molecular weight is 425 g/mol. The highest BCUT2D eigenvalue weighted by Gasteiger charge is 2.28. The number of rotatable bonds is 6. The van der Waals surface area contributed by atoms with E-state index in [1.165, 1.54) is 24.0 Å². The van der Waals surface area contributed by atoms with E-state index in [0.29, 0.717) is 12.5 Å². The highest BCUT2D eigenvalue weighted by molar-refractivity contribution is 7.17. The number of hydrogen-bond donors (Lipinski definition) is 1. The first-order valence-electron chi connectivity index (χ1n) is 10.4. The quantitative estimate of drug-likeness (QED) is 0.394. The summed E-state index contributed by atoms with van der Waals surface area (Å²) in [5, 5.41) is 11.1. The summed E-state index contributed by atoms with van der Waals surface area (Å²) in [6.07, 6.45) is 7.89. The molecule has 1 saturated carbocycles. The molecule has 1 aliphatic rings. The van der Waals surface area contributed by atoms with E-state index in [1.54, 1.807) is 22.2 Å². The molecule has 1 N–H and O–H groups in total. The molecule has 7 heteroatoms. The number of thiophene rings is 1. The van der Waals surface area contributed by atoms with E-state index in [0.717, 1.165) is 33.2 Å². The van der Waals surface area contributed by atoms with Crippen LogP contribution in [-0.4, -0.2) is 24.7 Å². The summed E-state index contributed by atoms with van der Waals surface area (Å²) in [5.74, 6) is 3.17. The fourth-order valence-electron chi connectivity index (χ4n) is 3.69. The van der Waals surface area contributed by atoms with Gasteiger partial charge in [-0.1, -0.05) is 36.4 Å². The van der Waals surface area contributed by atoms with Crippen LogP contribution < -0.4 is 5.32 Å². The van der Waals surface area contributed by atoms with Crippen LogP contribution in [0.15, 0.2) is 72.5 Å². The minimum Gasteiger partial charge on any atom is -0.365 e. The van der Waals surface area contributed by atoms with Gasteiger partial charge in [0.15, 0.2) is 5.82 Å². The smallest absolute Gasteiger partial charge is 0.153 e. The van der Waals surface area contributed by atoms with Crippen LogP contribution >= 0.6 is 11.3 Å². The fourth-order valence-corrected chi connectivity index (χ4v) is 4.64. The van der Waals surface area contributed by atoms with Gasteiger partial charge >= 0.3 is 0 Å². The van der Waals surface area contributed by atoms with Crippen molar-refractivity contribution >= 4 is 27.4 Å². The van der Waals surface area contributed by atoms with Crippen molar-refractivity contribution in [3.8, 4) is 16.9 Å². The van der Waals surface area contributed by atoms with Crippen molar-refractivity contribution in [1.82, 2.24) is 24.7 Å². The van der Waals surface area contributed by atoms with Crippen LogP contribution in [0.1, 0.15) is 30.1 Å². The summed E-state index contributed by atoms with van der Waals surface area (Å²) in [6, 6.07) is 16.4. The van der Waals surface area contributed by atoms with Crippen molar-refractivity contribution in [1.29, 1.82) is 0 Å². The molecular weight excluding hydrogens is 404 g/mol. The maximum atomic E-state index is 4.94. The SMILES string of the molecule is c1ccc(-c2csc3nc(C4CC4)nc(NCc4ccc(-n5cccn5)nc4)c23)cc1. The van der Waals surface area contributed by atoms with Crippen molar-refractivity contribution in [2.45, 2.75) is 25.3 Å². The molecule has 152 valence electrons. The first-order valence-corrected chi connectivity index (χ1v) is 11.3. The van der Waals surface area contributed by atoms with Gasteiger partial charge in [0.1, 0.15) is 16.5 Å². The number of nitrogens with zero attached hydrogens (tertiary/aromatic N) is 5. The maximum Gasteiger partial charge on any atom is 0.153 e. The Balaban J connectivity index is 1.34. The molecule has 0 bridgehead atoms. The van der Waals surface area contributed by atoms with Crippen molar-refractivity contribution < 1.29 is 0 Å². The van der Waals surface area contributed by atoms with E-state index in [1.807, 2.05) is 30.6 Å². The monoisotopic (exact) mass is 424 g/mol. The Morgan fingerprint density at radius 3 is 2.68 bits per heavy atom. The molecule has 0 saturated heterocycles. The van der Waals surface area contributed by atoms with Crippen LogP contribution in [0.5, 0.6) is 0 Å². The Bertz CT molecular complexity index is 1320. The summed E-state index contributed by atoms with van der Waals surface area (Å²) < 4.78 is 1.75. The second-order valence-electron chi connectivity index (χ2n) is 7.73. The van der Waals surface area contributed by atoms with Gasteiger partial charge in [-0.2, -0.15) is 5.10 Å². The molecule has 5 aromatic rings. The third-order valence-electron chi connectivity index (χ3n) is 5.49. The van der Waals surface area contributed by atoms with Gasteiger partial charge in [0.2, 0.25) is 0 Å². The molecule has 0 unspecified atom stereocenters. The molecule has 0 amide bonds. The van der Waals surface area contributed by atoms with Gasteiger partial charge in [-0.05, 0) is 36.1 Å². The zero-order valence-electron chi connectivity index (χ0n) is 16.8. The van der Waals surface area contributed by atoms with Crippen LogP contribution in [0.4, 0.5) is 5.82 Å². The van der Waals surface area contributed by atoms with E-state index in [2.05, 4.69) is 51.1 Å². The highest BCUT2D eigenvalue weighted by Crippen LogP contribution is 2.42. The molecule has 4 heterocycles. The Kier molecular flexibility index (Phi) is 4.46. The highest BCUT2D eigenvalue weighted by atomic mass is 32.1. The van der Waals surface area contributed by atoms with Gasteiger partial charge in [0.05, 0.1) is 5.39 Å². The minimum atomic E-state index is 0.502. The molecule has 1 aromatic carbocycles. The Hall–Kier alpha value is -3.58. The standard InChI is InChI=1S/C24H20N6S/c1-2-5-17(6-3-1)19-15-31-24-21(19)23(28-22(29-24)18-8-9-18)26-14-16-7-10-20(25-13-16)30-12-4-11-27-30/h1-7,10-13,15,18H,8-9,14H2,(H,26,28,29). The maximum absolute atomic E-state index is 4.94. The number of benzene rings is 1. The van der Waals surface area contributed by atoms with E-state index in [-0.39, 0.29) is 0 Å². The van der Waals surface area contributed by atoms with Gasteiger partial charge in [-0.25, -0.2) is 19.6 Å². The van der Waals surface area contributed by atoms with Gasteiger partial charge in [-0.15, -0.1) is 11.3 Å². The van der Waals surface area contributed by atoms with Crippen LogP contribution in [0.25, 0.3) is 27.2 Å². The van der Waals surface area contributed by atoms with Crippen molar-refractivity contribution in [2.24, 2.45) is 0 Å². The lowest BCUT2D eigenvalue weighted by Crippen LogP contribution is -2.06. The van der Waals surface area contributed by atoms with Crippen LogP contribution in [0.2, 0.25) is 0 Å². The van der Waals surface area contributed by atoms with E-state index in [4.69, 9.17) is 9.97 Å². The third kappa shape index (κ3) is 3.57. The van der Waals surface area contributed by atoms with Gasteiger partial charge in [0, 0.05) is 42.0 Å². The van der Waals surface area contributed by atoms with Crippen LogP contribution in [0.3, 0.4) is 0 Å². The van der Waals surface area contributed by atoms with E-state index >= 15 is 0 Å². The molecule has 4 aromatic heterocycles. The van der Waals surface area contributed by atoms with Crippen LogP contribution in [0, 0.1) is 0 Å². The molecule has 1 aliphatic carbocycles. The largest absolute Gasteiger partial charge is 0.365 e. The predicted molar refractivity (Wildman–Crippen MR) is 124 cm³/mol. The van der Waals surface area contributed by atoms with Crippen molar-refractivity contribution in [3.63, 3.8) is 0 Å². The van der Waals surface area contributed by atoms with Gasteiger partial charge in [0.25, 0.3) is 0 Å². The summed E-state index contributed by atoms with van der Waals surface area (Å²) in [4.78, 5) is 15.4. The molecule has 0 radical (unpaired) electrons. The Labute approximate surface area is 183 Å². The molecule has 0 atom stereocenters. The number of nitrogens with one attached hydrogen (secondary N) is 1. The second-order valence-corrected chi connectivity index (χ2v) is 8.59. The molecular formula is C24H20N6S. The first-order chi connectivity index (χ1) is 15.3. The second kappa shape index (κ2) is 7.59. The average Bonchev–Trinajstić information content (AvgIpc) is 3.35.